The summed E-state index contributed by atoms with van der Waals surface area (Å²) in [5, 5.41) is 0. The first-order valence-corrected chi connectivity index (χ1v) is 9.10. The molecule has 0 radical (unpaired) electrons. The predicted octanol–water partition coefficient (Wildman–Crippen LogP) is 3.14. The first-order chi connectivity index (χ1) is 9.85. The highest BCUT2D eigenvalue weighted by Crippen LogP contribution is 2.39. The maximum Gasteiger partial charge on any atom is 0.265 e. The highest BCUT2D eigenvalue weighted by molar-refractivity contribution is 7.92. The molecular formula is C14H17N3O2S2. The van der Waals surface area contributed by atoms with Crippen molar-refractivity contribution < 1.29 is 8.42 Å². The van der Waals surface area contributed by atoms with Crippen molar-refractivity contribution in [2.75, 3.05) is 4.72 Å². The molecule has 2 aromatic rings. The van der Waals surface area contributed by atoms with Gasteiger partial charge in [0.05, 0.1) is 0 Å². The molecule has 2 heterocycles. The first-order valence-electron chi connectivity index (χ1n) is 6.80. The normalized spacial score (nSPS) is 15.2. The fourth-order valence-electron chi connectivity index (χ4n) is 2.28. The minimum absolute atomic E-state index is 0.167. The van der Waals surface area contributed by atoms with Crippen molar-refractivity contribution >= 4 is 27.3 Å². The Bertz CT molecular complexity index is 793. The van der Waals surface area contributed by atoms with Crippen LogP contribution in [0.2, 0.25) is 0 Å². The Kier molecular flexibility index (Phi) is 3.49. The summed E-state index contributed by atoms with van der Waals surface area (Å²) < 4.78 is 27.4. The lowest BCUT2D eigenvalue weighted by Crippen LogP contribution is -2.16. The van der Waals surface area contributed by atoms with E-state index in [1.807, 2.05) is 19.9 Å². The fourth-order valence-corrected chi connectivity index (χ4v) is 4.78. The number of hydrogen-bond donors (Lipinski definition) is 1. The minimum atomic E-state index is -3.63. The average molecular weight is 323 g/mol. The van der Waals surface area contributed by atoms with Gasteiger partial charge in [-0.2, -0.15) is 0 Å². The van der Waals surface area contributed by atoms with Crippen LogP contribution in [0.4, 0.5) is 5.95 Å². The van der Waals surface area contributed by atoms with E-state index in [9.17, 15) is 8.42 Å². The molecule has 0 unspecified atom stereocenters. The summed E-state index contributed by atoms with van der Waals surface area (Å²) in [6.07, 6.45) is 2.23. The highest BCUT2D eigenvalue weighted by atomic mass is 32.2. The third kappa shape index (κ3) is 3.08. The summed E-state index contributed by atoms with van der Waals surface area (Å²) in [6.45, 7) is 5.55. The molecule has 0 atom stereocenters. The van der Waals surface area contributed by atoms with E-state index < -0.39 is 10.0 Å². The number of anilines is 1. The van der Waals surface area contributed by atoms with Gasteiger partial charge in [-0.15, -0.1) is 11.3 Å². The molecule has 1 fully saturated rings. The molecule has 0 aromatic carbocycles. The number of aryl methyl sites for hydroxylation is 3. The molecular weight excluding hydrogens is 306 g/mol. The van der Waals surface area contributed by atoms with Crippen LogP contribution in [0.25, 0.3) is 0 Å². The summed E-state index contributed by atoms with van der Waals surface area (Å²) in [6, 6.07) is 3.61. The van der Waals surface area contributed by atoms with E-state index >= 15 is 0 Å². The molecule has 3 rings (SSSR count). The number of hydrogen-bond acceptors (Lipinski definition) is 5. The fraction of sp³-hybridized carbons (Fsp3) is 0.429. The van der Waals surface area contributed by atoms with Crippen LogP contribution in [-0.4, -0.2) is 18.4 Å². The van der Waals surface area contributed by atoms with Crippen LogP contribution in [0.1, 0.15) is 39.9 Å². The molecule has 1 N–H and O–H groups in total. The van der Waals surface area contributed by atoms with Crippen molar-refractivity contribution in [2.24, 2.45) is 0 Å². The molecule has 5 nitrogen and oxygen atoms in total. The number of rotatable bonds is 4. The molecule has 0 spiro atoms. The quantitative estimate of drug-likeness (QED) is 0.938. The smallest absolute Gasteiger partial charge is 0.247 e. The van der Waals surface area contributed by atoms with Gasteiger partial charge < -0.3 is 0 Å². The third-order valence-electron chi connectivity index (χ3n) is 3.38. The summed E-state index contributed by atoms with van der Waals surface area (Å²) >= 11 is 1.47. The van der Waals surface area contributed by atoms with Crippen molar-refractivity contribution in [3.63, 3.8) is 0 Å². The van der Waals surface area contributed by atoms with Crippen LogP contribution < -0.4 is 4.72 Å². The zero-order valence-corrected chi connectivity index (χ0v) is 13.8. The number of aromatic nitrogens is 2. The van der Waals surface area contributed by atoms with Crippen molar-refractivity contribution in [1.82, 2.24) is 9.97 Å². The lowest BCUT2D eigenvalue weighted by Gasteiger charge is -2.08. The summed E-state index contributed by atoms with van der Waals surface area (Å²) in [5.74, 6) is 0.625. The van der Waals surface area contributed by atoms with Crippen LogP contribution in [0.3, 0.4) is 0 Å². The molecule has 0 aliphatic heterocycles. The Hall–Kier alpha value is -1.47. The van der Waals surface area contributed by atoms with E-state index in [0.717, 1.165) is 34.0 Å². The standard InChI is InChI=1S/C14H17N3O2S2/c1-8-6-12(11-4-5-11)16-14(15-8)17-21(18,19)13-7-9(2)20-10(13)3/h6-7,11H,4-5H2,1-3H3,(H,15,16,17). The van der Waals surface area contributed by atoms with Crippen LogP contribution in [0.5, 0.6) is 0 Å². The largest absolute Gasteiger partial charge is 0.265 e. The van der Waals surface area contributed by atoms with E-state index in [1.165, 1.54) is 11.3 Å². The number of nitrogens with one attached hydrogen (secondary N) is 1. The first kappa shape index (κ1) is 14.5. The minimum Gasteiger partial charge on any atom is -0.247 e. The lowest BCUT2D eigenvalue weighted by molar-refractivity contribution is 0.600. The van der Waals surface area contributed by atoms with E-state index in [2.05, 4.69) is 14.7 Å². The molecule has 2 aromatic heterocycles. The van der Waals surface area contributed by atoms with Gasteiger partial charge in [-0.3, -0.25) is 0 Å². The maximum absolute atomic E-state index is 12.5. The van der Waals surface area contributed by atoms with E-state index in [0.29, 0.717) is 10.8 Å². The maximum atomic E-state index is 12.5. The van der Waals surface area contributed by atoms with Gasteiger partial charge in [-0.05, 0) is 45.7 Å². The molecule has 1 aliphatic carbocycles. The van der Waals surface area contributed by atoms with Gasteiger partial charge in [-0.1, -0.05) is 0 Å². The summed E-state index contributed by atoms with van der Waals surface area (Å²) in [5.41, 5.74) is 1.71. The summed E-state index contributed by atoms with van der Waals surface area (Å²) in [4.78, 5) is 10.6. The Balaban J connectivity index is 1.93. The topological polar surface area (TPSA) is 72.0 Å². The van der Waals surface area contributed by atoms with Gasteiger partial charge >= 0.3 is 0 Å². The second-order valence-corrected chi connectivity index (χ2v) is 8.53. The predicted molar refractivity (Wildman–Crippen MR) is 83.3 cm³/mol. The molecule has 21 heavy (non-hydrogen) atoms. The highest BCUT2D eigenvalue weighted by Gasteiger charge is 2.27. The third-order valence-corrected chi connectivity index (χ3v) is 5.93. The molecule has 0 amide bonds. The van der Waals surface area contributed by atoms with Crippen LogP contribution >= 0.6 is 11.3 Å². The van der Waals surface area contributed by atoms with Crippen LogP contribution in [-0.2, 0) is 10.0 Å². The van der Waals surface area contributed by atoms with Crippen molar-refractivity contribution in [1.29, 1.82) is 0 Å². The number of thiophene rings is 1. The van der Waals surface area contributed by atoms with Crippen LogP contribution in [0.15, 0.2) is 17.0 Å². The second-order valence-electron chi connectivity index (χ2n) is 5.42. The second kappa shape index (κ2) is 5.06. The van der Waals surface area contributed by atoms with E-state index in [-0.39, 0.29) is 5.95 Å². The zero-order chi connectivity index (χ0) is 15.2. The molecule has 7 heteroatoms. The molecule has 0 saturated heterocycles. The monoisotopic (exact) mass is 323 g/mol. The van der Waals surface area contributed by atoms with Crippen molar-refractivity contribution in [2.45, 2.75) is 44.4 Å². The summed E-state index contributed by atoms with van der Waals surface area (Å²) in [7, 11) is -3.63. The Morgan fingerprint density at radius 2 is 1.90 bits per heavy atom. The van der Waals surface area contributed by atoms with Crippen molar-refractivity contribution in [3.8, 4) is 0 Å². The molecule has 1 aliphatic rings. The number of nitrogens with zero attached hydrogens (tertiary/aromatic N) is 2. The Morgan fingerprint density at radius 1 is 1.19 bits per heavy atom. The van der Waals surface area contributed by atoms with Crippen molar-refractivity contribution in [3.05, 3.63) is 33.3 Å². The van der Waals surface area contributed by atoms with Gasteiger partial charge in [0.1, 0.15) is 4.90 Å². The van der Waals surface area contributed by atoms with Gasteiger partial charge in [0.15, 0.2) is 0 Å². The van der Waals surface area contributed by atoms with Gasteiger partial charge in [-0.25, -0.2) is 23.1 Å². The SMILES string of the molecule is Cc1cc(C2CC2)nc(NS(=O)(=O)c2cc(C)sc2C)n1. The molecule has 1 saturated carbocycles. The molecule has 112 valence electrons. The van der Waals surface area contributed by atoms with E-state index in [1.54, 1.807) is 13.0 Å². The lowest BCUT2D eigenvalue weighted by atomic mass is 10.2. The Labute approximate surface area is 128 Å². The zero-order valence-electron chi connectivity index (χ0n) is 12.2. The number of sulfonamides is 1. The molecule has 0 bridgehead atoms. The van der Waals surface area contributed by atoms with Gasteiger partial charge in [0.2, 0.25) is 5.95 Å². The van der Waals surface area contributed by atoms with Gasteiger partial charge in [0, 0.05) is 27.1 Å². The van der Waals surface area contributed by atoms with Crippen LogP contribution in [0, 0.1) is 20.8 Å². The van der Waals surface area contributed by atoms with E-state index in [4.69, 9.17) is 0 Å². The average Bonchev–Trinajstić information content (AvgIpc) is 3.13. The van der Waals surface area contributed by atoms with Gasteiger partial charge in [0.25, 0.3) is 10.0 Å². The Morgan fingerprint density at radius 3 is 2.48 bits per heavy atom.